The summed E-state index contributed by atoms with van der Waals surface area (Å²) in [5.74, 6) is 5.24. The summed E-state index contributed by atoms with van der Waals surface area (Å²) in [7, 11) is 0. The van der Waals surface area contributed by atoms with Gasteiger partial charge in [-0.3, -0.25) is 10.2 Å². The lowest BCUT2D eigenvalue weighted by Gasteiger charge is -2.09. The van der Waals surface area contributed by atoms with E-state index in [0.717, 1.165) is 17.7 Å². The molecule has 4 N–H and O–H groups in total. The van der Waals surface area contributed by atoms with Crippen molar-refractivity contribution in [3.05, 3.63) is 65.7 Å². The molecule has 0 radical (unpaired) electrons. The molecule has 6 heteroatoms. The molecule has 0 saturated carbocycles. The van der Waals surface area contributed by atoms with Crippen LogP contribution in [0.4, 0.5) is 0 Å². The van der Waals surface area contributed by atoms with Crippen molar-refractivity contribution >= 4 is 11.6 Å². The van der Waals surface area contributed by atoms with E-state index in [2.05, 4.69) is 22.7 Å². The molecule has 1 aliphatic rings. The zero-order chi connectivity index (χ0) is 16.1. The molecular formula is C17H18N4O2. The highest BCUT2D eigenvalue weighted by atomic mass is 16.5. The highest BCUT2D eigenvalue weighted by Crippen LogP contribution is 2.25. The third kappa shape index (κ3) is 3.67. The topological polar surface area (TPSA) is 88.7 Å². The Hall–Kier alpha value is -2.86. The number of hydrazine groups is 1. The quantitative estimate of drug-likeness (QED) is 0.443. The molecule has 2 aromatic carbocycles. The maximum atomic E-state index is 11.0. The van der Waals surface area contributed by atoms with Gasteiger partial charge in [0.15, 0.2) is 6.61 Å². The molecule has 2 aromatic rings. The maximum absolute atomic E-state index is 11.0. The number of carbonyl (C=O) groups is 1. The molecule has 6 nitrogen and oxygen atoms in total. The molecule has 1 aliphatic heterocycles. The number of hydrazone groups is 1. The van der Waals surface area contributed by atoms with Crippen LogP contribution in [-0.4, -0.2) is 18.2 Å². The summed E-state index contributed by atoms with van der Waals surface area (Å²) in [5, 5.41) is 4.43. The van der Waals surface area contributed by atoms with Crippen molar-refractivity contribution in [3.8, 4) is 5.75 Å². The molecule has 118 valence electrons. The van der Waals surface area contributed by atoms with Crippen LogP contribution in [0, 0.1) is 0 Å². The van der Waals surface area contributed by atoms with Gasteiger partial charge in [0.25, 0.3) is 5.91 Å². The summed E-state index contributed by atoms with van der Waals surface area (Å²) in [4.78, 5) is 11.0. The predicted octanol–water partition coefficient (Wildman–Crippen LogP) is 1.49. The van der Waals surface area contributed by atoms with E-state index in [9.17, 15) is 4.79 Å². The number of carbonyl (C=O) groups excluding carboxylic acids is 1. The zero-order valence-corrected chi connectivity index (χ0v) is 12.5. The number of nitrogens with two attached hydrogens (primary N) is 1. The molecular weight excluding hydrogens is 292 g/mol. The van der Waals surface area contributed by atoms with E-state index in [1.54, 1.807) is 0 Å². The van der Waals surface area contributed by atoms with Gasteiger partial charge in [0.05, 0.1) is 11.8 Å². The van der Waals surface area contributed by atoms with Crippen LogP contribution >= 0.6 is 0 Å². The first-order valence-corrected chi connectivity index (χ1v) is 7.36. The van der Waals surface area contributed by atoms with E-state index in [1.165, 1.54) is 5.56 Å². The summed E-state index contributed by atoms with van der Waals surface area (Å²) >= 11 is 0. The van der Waals surface area contributed by atoms with Gasteiger partial charge in [0.1, 0.15) is 5.75 Å². The van der Waals surface area contributed by atoms with Crippen LogP contribution in [0.5, 0.6) is 5.75 Å². The summed E-state index contributed by atoms with van der Waals surface area (Å²) in [5.41, 5.74) is 8.45. The lowest BCUT2D eigenvalue weighted by Crippen LogP contribution is -2.34. The first-order chi connectivity index (χ1) is 11.3. The third-order valence-corrected chi connectivity index (χ3v) is 3.67. The summed E-state index contributed by atoms with van der Waals surface area (Å²) in [6.07, 6.45) is 0.833. The minimum Gasteiger partial charge on any atom is -0.484 e. The van der Waals surface area contributed by atoms with Crippen molar-refractivity contribution < 1.29 is 9.53 Å². The largest absolute Gasteiger partial charge is 0.484 e. The molecule has 23 heavy (non-hydrogen) atoms. The molecule has 0 spiro atoms. The van der Waals surface area contributed by atoms with Gasteiger partial charge in [-0.25, -0.2) is 5.84 Å². The number of rotatable bonds is 5. The van der Waals surface area contributed by atoms with Crippen LogP contribution in [0.25, 0.3) is 0 Å². The van der Waals surface area contributed by atoms with Crippen molar-refractivity contribution in [3.63, 3.8) is 0 Å². The van der Waals surface area contributed by atoms with E-state index in [-0.39, 0.29) is 18.6 Å². The van der Waals surface area contributed by atoms with E-state index >= 15 is 0 Å². The Kier molecular flexibility index (Phi) is 4.54. The summed E-state index contributed by atoms with van der Waals surface area (Å²) in [6, 6.07) is 17.9. The van der Waals surface area contributed by atoms with Crippen LogP contribution in [0.2, 0.25) is 0 Å². The Balaban J connectivity index is 1.61. The fourth-order valence-corrected chi connectivity index (χ4v) is 2.43. The molecule has 0 aliphatic carbocycles. The molecule has 1 amide bonds. The number of nitrogens with zero attached hydrogens (tertiary/aromatic N) is 1. The van der Waals surface area contributed by atoms with Gasteiger partial charge in [-0.2, -0.15) is 5.10 Å². The second kappa shape index (κ2) is 6.93. The zero-order valence-electron chi connectivity index (χ0n) is 12.5. The second-order valence-corrected chi connectivity index (χ2v) is 5.24. The number of amides is 1. The first-order valence-electron chi connectivity index (χ1n) is 7.36. The van der Waals surface area contributed by atoms with Crippen molar-refractivity contribution in [2.45, 2.75) is 12.5 Å². The molecule has 0 fully saturated rings. The number of nitrogens with one attached hydrogen (secondary N) is 2. The van der Waals surface area contributed by atoms with Crippen LogP contribution in [-0.2, 0) is 4.79 Å². The van der Waals surface area contributed by atoms with Crippen LogP contribution in [0.15, 0.2) is 59.7 Å². The number of hydrogen-bond acceptors (Lipinski definition) is 5. The fourth-order valence-electron chi connectivity index (χ4n) is 2.43. The molecule has 3 rings (SSSR count). The lowest BCUT2D eigenvalue weighted by molar-refractivity contribution is -0.123. The summed E-state index contributed by atoms with van der Waals surface area (Å²) in [6.45, 7) is -0.103. The third-order valence-electron chi connectivity index (χ3n) is 3.67. The van der Waals surface area contributed by atoms with Gasteiger partial charge in [-0.15, -0.1) is 0 Å². The Bertz CT molecular complexity index is 698. The number of hydrogen-bond donors (Lipinski definition) is 3. The molecule has 1 atom stereocenters. The monoisotopic (exact) mass is 310 g/mol. The van der Waals surface area contributed by atoms with Crippen molar-refractivity contribution in [2.24, 2.45) is 10.9 Å². The smallest absolute Gasteiger partial charge is 0.271 e. The van der Waals surface area contributed by atoms with E-state index < -0.39 is 0 Å². The highest BCUT2D eigenvalue weighted by Gasteiger charge is 2.20. The highest BCUT2D eigenvalue weighted by molar-refractivity contribution is 6.01. The molecule has 1 heterocycles. The first kappa shape index (κ1) is 15.1. The lowest BCUT2D eigenvalue weighted by atomic mass is 9.99. The SMILES string of the molecule is NNC(=O)COc1ccc(C2=NNC(c3ccccc3)C2)cc1. The fraction of sp³-hybridized carbons (Fsp3) is 0.176. The Labute approximate surface area is 134 Å². The average Bonchev–Trinajstić information content (AvgIpc) is 3.11. The second-order valence-electron chi connectivity index (χ2n) is 5.24. The van der Waals surface area contributed by atoms with Crippen LogP contribution in [0.3, 0.4) is 0 Å². The Morgan fingerprint density at radius 1 is 1.22 bits per heavy atom. The number of ether oxygens (including phenoxy) is 1. The van der Waals surface area contributed by atoms with E-state index in [0.29, 0.717) is 5.75 Å². The Morgan fingerprint density at radius 3 is 2.65 bits per heavy atom. The predicted molar refractivity (Wildman–Crippen MR) is 87.7 cm³/mol. The van der Waals surface area contributed by atoms with Gasteiger partial charge in [-0.1, -0.05) is 30.3 Å². The van der Waals surface area contributed by atoms with Gasteiger partial charge in [0.2, 0.25) is 0 Å². The standard InChI is InChI=1S/C17H18N4O2/c18-19-17(22)11-23-14-8-6-13(7-9-14)16-10-15(20-21-16)12-4-2-1-3-5-12/h1-9,15,20H,10-11,18H2,(H,19,22). The Morgan fingerprint density at radius 2 is 1.96 bits per heavy atom. The van der Waals surface area contributed by atoms with Crippen LogP contribution < -0.4 is 21.4 Å². The van der Waals surface area contributed by atoms with E-state index in [4.69, 9.17) is 10.6 Å². The van der Waals surface area contributed by atoms with Gasteiger partial charge in [0, 0.05) is 6.42 Å². The minimum atomic E-state index is -0.371. The van der Waals surface area contributed by atoms with Gasteiger partial charge >= 0.3 is 0 Å². The van der Waals surface area contributed by atoms with E-state index in [1.807, 2.05) is 47.9 Å². The minimum absolute atomic E-state index is 0.103. The van der Waals surface area contributed by atoms with Crippen molar-refractivity contribution in [1.29, 1.82) is 0 Å². The van der Waals surface area contributed by atoms with Crippen molar-refractivity contribution in [1.82, 2.24) is 10.9 Å². The van der Waals surface area contributed by atoms with Crippen molar-refractivity contribution in [2.75, 3.05) is 6.61 Å². The normalized spacial score (nSPS) is 16.4. The molecule has 0 saturated heterocycles. The average molecular weight is 310 g/mol. The molecule has 1 unspecified atom stereocenters. The maximum Gasteiger partial charge on any atom is 0.271 e. The molecule has 0 bridgehead atoms. The van der Waals surface area contributed by atoms with Gasteiger partial charge < -0.3 is 10.2 Å². The molecule has 0 aromatic heterocycles. The summed E-state index contributed by atoms with van der Waals surface area (Å²) < 4.78 is 5.32. The van der Waals surface area contributed by atoms with Gasteiger partial charge in [-0.05, 0) is 35.4 Å². The number of benzene rings is 2. The van der Waals surface area contributed by atoms with Crippen LogP contribution in [0.1, 0.15) is 23.6 Å².